The van der Waals surface area contributed by atoms with Crippen LogP contribution >= 0.6 is 35.0 Å². The van der Waals surface area contributed by atoms with Gasteiger partial charge in [-0.25, -0.2) is 8.42 Å². The van der Waals surface area contributed by atoms with E-state index in [4.69, 9.17) is 23.2 Å². The van der Waals surface area contributed by atoms with Crippen LogP contribution in [0.5, 0.6) is 0 Å². The van der Waals surface area contributed by atoms with Crippen LogP contribution in [0.25, 0.3) is 0 Å². The van der Waals surface area contributed by atoms with Gasteiger partial charge in [0.25, 0.3) is 0 Å². The summed E-state index contributed by atoms with van der Waals surface area (Å²) in [5, 5.41) is 7.46. The number of carbonyl (C=O) groups excluding carboxylic acids is 1. The van der Waals surface area contributed by atoms with E-state index in [1.165, 1.54) is 23.9 Å². The molecule has 3 unspecified atom stereocenters. The van der Waals surface area contributed by atoms with Crippen LogP contribution < -0.4 is 15.4 Å². The van der Waals surface area contributed by atoms with Crippen LogP contribution in [0.1, 0.15) is 13.8 Å². The molecule has 1 aromatic rings. The second-order valence-corrected chi connectivity index (χ2v) is 10.6. The fourth-order valence-corrected chi connectivity index (χ4v) is 5.44. The highest BCUT2D eigenvalue weighted by Gasteiger charge is 2.60. The summed E-state index contributed by atoms with van der Waals surface area (Å²) in [7, 11) is -3.66. The zero-order chi connectivity index (χ0) is 19.8. The zero-order valence-electron chi connectivity index (χ0n) is 14.6. The largest absolute Gasteiger partial charge is 0.366 e. The molecule has 1 aliphatic heterocycles. The predicted molar refractivity (Wildman–Crippen MR) is 110 cm³/mol. The third kappa shape index (κ3) is 4.63. The normalized spacial score (nSPS) is 25.6. The van der Waals surface area contributed by atoms with Crippen LogP contribution in [-0.2, 0) is 14.8 Å². The van der Waals surface area contributed by atoms with Crippen molar-refractivity contribution in [2.45, 2.75) is 24.2 Å². The summed E-state index contributed by atoms with van der Waals surface area (Å²) in [5.74, 6) is -0.424. The standard InChI is InChI=1S/C17H19Cl2N3O3S2/c1-17(2)12(9-13(18)19)14(17)15(23)21-10-3-5-11(6-4-10)27(24,25)22-16-20-7-8-26-16/h3-9,12,14,16,20,22H,1-2H3,(H,21,23). The Kier molecular flexibility index (Phi) is 5.84. The molecule has 1 amide bonds. The Hall–Kier alpha value is -1.19. The number of thioether (sulfide) groups is 1. The first kappa shape index (κ1) is 20.5. The summed E-state index contributed by atoms with van der Waals surface area (Å²) in [6.07, 6.45) is 3.36. The van der Waals surface area contributed by atoms with E-state index in [9.17, 15) is 13.2 Å². The quantitative estimate of drug-likeness (QED) is 0.619. The van der Waals surface area contributed by atoms with Gasteiger partial charge in [0.1, 0.15) is 9.99 Å². The highest BCUT2D eigenvalue weighted by Crippen LogP contribution is 2.60. The van der Waals surface area contributed by atoms with Crippen molar-refractivity contribution in [3.05, 3.63) is 46.4 Å². The van der Waals surface area contributed by atoms with Crippen molar-refractivity contribution in [3.8, 4) is 0 Å². The van der Waals surface area contributed by atoms with Crippen molar-refractivity contribution in [3.63, 3.8) is 0 Å². The molecule has 3 rings (SSSR count). The van der Waals surface area contributed by atoms with E-state index in [0.29, 0.717) is 5.69 Å². The summed E-state index contributed by atoms with van der Waals surface area (Å²) in [6, 6.07) is 6.04. The number of carbonyl (C=O) groups is 1. The molecule has 1 aromatic carbocycles. The minimum absolute atomic E-state index is 0.0311. The number of hydrogen-bond donors (Lipinski definition) is 3. The van der Waals surface area contributed by atoms with Gasteiger partial charge in [-0.05, 0) is 47.1 Å². The van der Waals surface area contributed by atoms with Crippen LogP contribution in [0.4, 0.5) is 5.69 Å². The summed E-state index contributed by atoms with van der Waals surface area (Å²) >= 11 is 12.8. The fraction of sp³-hybridized carbons (Fsp3) is 0.353. The number of halogens is 2. The molecule has 2 aliphatic rings. The highest BCUT2D eigenvalue weighted by atomic mass is 35.5. The predicted octanol–water partition coefficient (Wildman–Crippen LogP) is 3.59. The average molecular weight is 448 g/mol. The molecule has 27 heavy (non-hydrogen) atoms. The lowest BCUT2D eigenvalue weighted by Crippen LogP contribution is -2.38. The lowest BCUT2D eigenvalue weighted by molar-refractivity contribution is -0.118. The Labute approximate surface area is 172 Å². The first-order valence-electron chi connectivity index (χ1n) is 8.14. The van der Waals surface area contributed by atoms with Crippen molar-refractivity contribution < 1.29 is 13.2 Å². The van der Waals surface area contributed by atoms with E-state index in [2.05, 4.69) is 15.4 Å². The molecule has 1 saturated carbocycles. The van der Waals surface area contributed by atoms with E-state index in [-0.39, 0.29) is 32.5 Å². The van der Waals surface area contributed by atoms with Gasteiger partial charge in [0.15, 0.2) is 0 Å². The number of sulfonamides is 1. The highest BCUT2D eigenvalue weighted by molar-refractivity contribution is 8.03. The molecular weight excluding hydrogens is 429 g/mol. The van der Waals surface area contributed by atoms with Crippen molar-refractivity contribution in [1.82, 2.24) is 10.0 Å². The zero-order valence-corrected chi connectivity index (χ0v) is 17.7. The van der Waals surface area contributed by atoms with Crippen molar-refractivity contribution >= 4 is 56.6 Å². The Morgan fingerprint density at radius 3 is 2.48 bits per heavy atom. The summed E-state index contributed by atoms with van der Waals surface area (Å²) < 4.78 is 27.4. The first-order chi connectivity index (χ1) is 12.6. The molecule has 0 saturated heterocycles. The molecule has 0 bridgehead atoms. The van der Waals surface area contributed by atoms with Crippen LogP contribution in [0.3, 0.4) is 0 Å². The molecule has 1 heterocycles. The fourth-order valence-electron chi connectivity index (χ4n) is 3.12. The van der Waals surface area contributed by atoms with E-state index in [1.54, 1.807) is 29.8 Å². The Balaban J connectivity index is 1.64. The van der Waals surface area contributed by atoms with Crippen molar-refractivity contribution in [1.29, 1.82) is 0 Å². The second kappa shape index (κ2) is 7.67. The average Bonchev–Trinajstić information content (AvgIpc) is 2.91. The summed E-state index contributed by atoms with van der Waals surface area (Å²) in [4.78, 5) is 12.6. The van der Waals surface area contributed by atoms with Crippen molar-refractivity contribution in [2.24, 2.45) is 17.3 Å². The topological polar surface area (TPSA) is 87.3 Å². The first-order valence-corrected chi connectivity index (χ1v) is 11.3. The van der Waals surface area contributed by atoms with Gasteiger partial charge in [-0.3, -0.25) is 4.79 Å². The lowest BCUT2D eigenvalue weighted by Gasteiger charge is -2.13. The molecule has 0 radical (unpaired) electrons. The molecule has 3 N–H and O–H groups in total. The molecular formula is C17H19Cl2N3O3S2. The molecule has 1 aliphatic carbocycles. The van der Waals surface area contributed by atoms with E-state index >= 15 is 0 Å². The van der Waals surface area contributed by atoms with Crippen molar-refractivity contribution in [2.75, 3.05) is 5.32 Å². The van der Waals surface area contributed by atoms with Gasteiger partial charge in [-0.2, -0.15) is 4.72 Å². The number of allylic oxidation sites excluding steroid dienone is 1. The SMILES string of the molecule is CC1(C)C(C=C(Cl)Cl)C1C(=O)Nc1ccc(S(=O)(=O)NC2NC=CS2)cc1. The van der Waals surface area contributed by atoms with Gasteiger partial charge >= 0.3 is 0 Å². The number of nitrogens with one attached hydrogen (secondary N) is 3. The molecule has 146 valence electrons. The Morgan fingerprint density at radius 1 is 1.26 bits per heavy atom. The lowest BCUT2D eigenvalue weighted by atomic mass is 10.1. The minimum Gasteiger partial charge on any atom is -0.366 e. The maximum absolute atomic E-state index is 12.5. The van der Waals surface area contributed by atoms with Gasteiger partial charge in [0.2, 0.25) is 15.9 Å². The number of rotatable bonds is 6. The maximum atomic E-state index is 12.5. The number of hydrogen-bond acceptors (Lipinski definition) is 5. The molecule has 0 aromatic heterocycles. The summed E-state index contributed by atoms with van der Waals surface area (Å²) in [6.45, 7) is 3.95. The molecule has 0 spiro atoms. The smallest absolute Gasteiger partial charge is 0.242 e. The number of anilines is 1. The van der Waals surface area contributed by atoms with E-state index in [0.717, 1.165) is 0 Å². The molecule has 6 nitrogen and oxygen atoms in total. The minimum atomic E-state index is -3.66. The summed E-state index contributed by atoms with van der Waals surface area (Å²) in [5.41, 5.74) is -0.131. The Bertz CT molecular complexity index is 887. The third-order valence-electron chi connectivity index (χ3n) is 4.72. The Morgan fingerprint density at radius 2 is 1.93 bits per heavy atom. The van der Waals surface area contributed by atoms with Crippen LogP contribution in [0, 0.1) is 17.3 Å². The number of benzene rings is 1. The van der Waals surface area contributed by atoms with E-state index in [1.807, 2.05) is 13.8 Å². The van der Waals surface area contributed by atoms with Crippen LogP contribution in [0.15, 0.2) is 51.3 Å². The van der Waals surface area contributed by atoms with Gasteiger partial charge < -0.3 is 10.6 Å². The molecule has 3 atom stereocenters. The third-order valence-corrected chi connectivity index (χ3v) is 7.38. The molecule has 1 fully saturated rings. The monoisotopic (exact) mass is 447 g/mol. The van der Waals surface area contributed by atoms with Crippen LogP contribution in [0.2, 0.25) is 0 Å². The second-order valence-electron chi connectivity index (χ2n) is 6.90. The van der Waals surface area contributed by atoms with Crippen LogP contribution in [-0.4, -0.2) is 19.8 Å². The van der Waals surface area contributed by atoms with Gasteiger partial charge in [-0.1, -0.05) is 48.8 Å². The molecule has 10 heteroatoms. The van der Waals surface area contributed by atoms with E-state index < -0.39 is 15.5 Å². The van der Waals surface area contributed by atoms with Gasteiger partial charge in [-0.15, -0.1) is 0 Å². The number of amides is 1. The van der Waals surface area contributed by atoms with Gasteiger partial charge in [0.05, 0.1) is 10.8 Å². The van der Waals surface area contributed by atoms with Gasteiger partial charge in [0, 0.05) is 11.9 Å². The maximum Gasteiger partial charge on any atom is 0.242 e.